The molecule has 30 heavy (non-hydrogen) atoms. The maximum absolute atomic E-state index is 12.4. The van der Waals surface area contributed by atoms with Crippen molar-refractivity contribution in [2.75, 3.05) is 18.5 Å². The van der Waals surface area contributed by atoms with E-state index in [1.807, 2.05) is 6.92 Å². The Morgan fingerprint density at radius 2 is 1.87 bits per heavy atom. The SMILES string of the molecule is Cc1ccc2c(c1)C(=O)N(CCCC(=O)OCC(=O)Nc1sccc1C(N)=O)C2=O. The molecule has 2 aromatic rings. The van der Waals surface area contributed by atoms with E-state index in [9.17, 15) is 24.0 Å². The van der Waals surface area contributed by atoms with Gasteiger partial charge in [-0.1, -0.05) is 11.6 Å². The molecule has 2 heterocycles. The molecule has 0 atom stereocenters. The van der Waals surface area contributed by atoms with E-state index in [0.29, 0.717) is 11.1 Å². The van der Waals surface area contributed by atoms with E-state index in [4.69, 9.17) is 10.5 Å². The van der Waals surface area contributed by atoms with Crippen LogP contribution in [0, 0.1) is 6.92 Å². The van der Waals surface area contributed by atoms with Gasteiger partial charge in [-0.25, -0.2) is 0 Å². The fraction of sp³-hybridized carbons (Fsp3) is 0.250. The first kappa shape index (κ1) is 21.2. The van der Waals surface area contributed by atoms with Gasteiger partial charge >= 0.3 is 5.97 Å². The highest BCUT2D eigenvalue weighted by molar-refractivity contribution is 7.14. The zero-order valence-corrected chi connectivity index (χ0v) is 16.9. The van der Waals surface area contributed by atoms with E-state index in [1.54, 1.807) is 23.6 Å². The van der Waals surface area contributed by atoms with E-state index >= 15 is 0 Å². The van der Waals surface area contributed by atoms with Crippen LogP contribution in [0.1, 0.15) is 49.5 Å². The van der Waals surface area contributed by atoms with Crippen LogP contribution in [0.5, 0.6) is 0 Å². The summed E-state index contributed by atoms with van der Waals surface area (Å²) in [7, 11) is 0. The molecule has 10 heteroatoms. The molecule has 0 bridgehead atoms. The highest BCUT2D eigenvalue weighted by Gasteiger charge is 2.35. The van der Waals surface area contributed by atoms with Crippen molar-refractivity contribution >= 4 is 45.9 Å². The third kappa shape index (κ3) is 4.54. The normalized spacial score (nSPS) is 12.6. The number of carbonyl (C=O) groups is 5. The van der Waals surface area contributed by atoms with Crippen molar-refractivity contribution in [3.63, 3.8) is 0 Å². The van der Waals surface area contributed by atoms with Gasteiger partial charge in [0.05, 0.1) is 16.7 Å². The number of imide groups is 1. The Hall–Kier alpha value is -3.53. The monoisotopic (exact) mass is 429 g/mol. The van der Waals surface area contributed by atoms with Crippen LogP contribution in [0.4, 0.5) is 5.00 Å². The third-order valence-electron chi connectivity index (χ3n) is 4.44. The van der Waals surface area contributed by atoms with Gasteiger partial charge in [0.2, 0.25) is 0 Å². The second-order valence-corrected chi connectivity index (χ2v) is 7.57. The van der Waals surface area contributed by atoms with E-state index < -0.39 is 24.4 Å². The van der Waals surface area contributed by atoms with Gasteiger partial charge in [-0.3, -0.25) is 28.9 Å². The molecule has 0 saturated heterocycles. The third-order valence-corrected chi connectivity index (χ3v) is 5.27. The van der Waals surface area contributed by atoms with Crippen molar-refractivity contribution in [1.82, 2.24) is 4.90 Å². The zero-order valence-electron chi connectivity index (χ0n) is 16.1. The number of amides is 4. The fourth-order valence-corrected chi connectivity index (χ4v) is 3.78. The van der Waals surface area contributed by atoms with Crippen LogP contribution >= 0.6 is 11.3 Å². The molecular weight excluding hydrogens is 410 g/mol. The number of esters is 1. The summed E-state index contributed by atoms with van der Waals surface area (Å²) in [5, 5.41) is 4.34. The fourth-order valence-electron chi connectivity index (χ4n) is 2.97. The van der Waals surface area contributed by atoms with Gasteiger partial charge in [-0.05, 0) is 36.9 Å². The average Bonchev–Trinajstić information content (AvgIpc) is 3.25. The average molecular weight is 429 g/mol. The van der Waals surface area contributed by atoms with Crippen molar-refractivity contribution < 1.29 is 28.7 Å². The number of aryl methyl sites for hydroxylation is 1. The number of primary amides is 1. The lowest BCUT2D eigenvalue weighted by atomic mass is 10.1. The van der Waals surface area contributed by atoms with Gasteiger partial charge in [0.25, 0.3) is 23.6 Å². The molecule has 1 aliphatic heterocycles. The minimum Gasteiger partial charge on any atom is -0.456 e. The topological polar surface area (TPSA) is 136 Å². The Bertz CT molecular complexity index is 1040. The summed E-state index contributed by atoms with van der Waals surface area (Å²) in [5.41, 5.74) is 6.97. The first-order chi connectivity index (χ1) is 14.3. The predicted molar refractivity (Wildman–Crippen MR) is 108 cm³/mol. The number of fused-ring (bicyclic) bond motifs is 1. The Balaban J connectivity index is 1.43. The maximum Gasteiger partial charge on any atom is 0.306 e. The summed E-state index contributed by atoms with van der Waals surface area (Å²) < 4.78 is 4.90. The molecule has 1 aromatic carbocycles. The molecule has 9 nitrogen and oxygen atoms in total. The number of rotatable bonds is 8. The van der Waals surface area contributed by atoms with Crippen molar-refractivity contribution in [3.05, 3.63) is 51.9 Å². The van der Waals surface area contributed by atoms with E-state index in [2.05, 4.69) is 5.32 Å². The standard InChI is InChI=1S/C20H19N3O6S/c1-11-4-5-12-14(9-11)20(28)23(19(12)27)7-2-3-16(25)29-10-15(24)22-18-13(17(21)26)6-8-30-18/h4-6,8-9H,2-3,7,10H2,1H3,(H2,21,26)(H,22,24). The number of thiophene rings is 1. The lowest BCUT2D eigenvalue weighted by molar-refractivity contribution is -0.147. The molecule has 0 radical (unpaired) electrons. The van der Waals surface area contributed by atoms with Crippen LogP contribution in [0.25, 0.3) is 0 Å². The smallest absolute Gasteiger partial charge is 0.306 e. The second kappa shape index (κ2) is 8.87. The minimum atomic E-state index is -0.674. The quantitative estimate of drug-likeness (QED) is 0.484. The number of nitrogens with zero attached hydrogens (tertiary/aromatic N) is 1. The summed E-state index contributed by atoms with van der Waals surface area (Å²) in [6.45, 7) is 1.38. The number of carbonyl (C=O) groups excluding carboxylic acids is 5. The maximum atomic E-state index is 12.4. The molecule has 0 saturated carbocycles. The molecule has 0 spiro atoms. The van der Waals surface area contributed by atoms with Gasteiger partial charge in [0.15, 0.2) is 6.61 Å². The van der Waals surface area contributed by atoms with Crippen molar-refractivity contribution in [2.24, 2.45) is 5.73 Å². The first-order valence-electron chi connectivity index (χ1n) is 9.07. The summed E-state index contributed by atoms with van der Waals surface area (Å²) in [5.74, 6) is -2.69. The lowest BCUT2D eigenvalue weighted by Crippen LogP contribution is -2.31. The van der Waals surface area contributed by atoms with Gasteiger partial charge in [0, 0.05) is 13.0 Å². The molecule has 4 amide bonds. The number of nitrogens with two attached hydrogens (primary N) is 1. The highest BCUT2D eigenvalue weighted by atomic mass is 32.1. The van der Waals surface area contributed by atoms with E-state index in [0.717, 1.165) is 21.8 Å². The largest absolute Gasteiger partial charge is 0.456 e. The number of nitrogens with one attached hydrogen (secondary N) is 1. The summed E-state index contributed by atoms with van der Waals surface area (Å²) in [6, 6.07) is 6.53. The number of anilines is 1. The molecule has 0 unspecified atom stereocenters. The van der Waals surface area contributed by atoms with Crippen molar-refractivity contribution in [1.29, 1.82) is 0 Å². The molecule has 3 N–H and O–H groups in total. The molecular formula is C20H19N3O6S. The Labute approximate surface area is 175 Å². The summed E-state index contributed by atoms with van der Waals surface area (Å²) in [6.07, 6.45) is 0.146. The highest BCUT2D eigenvalue weighted by Crippen LogP contribution is 2.24. The second-order valence-electron chi connectivity index (χ2n) is 6.65. The number of ether oxygens (including phenoxy) is 1. The minimum absolute atomic E-state index is 0.0642. The van der Waals surface area contributed by atoms with Crippen molar-refractivity contribution in [3.8, 4) is 0 Å². The number of hydrogen-bond acceptors (Lipinski definition) is 7. The van der Waals surface area contributed by atoms with Crippen LogP contribution < -0.4 is 11.1 Å². The summed E-state index contributed by atoms with van der Waals surface area (Å²) in [4.78, 5) is 60.8. The molecule has 3 rings (SSSR count). The molecule has 1 aliphatic rings. The van der Waals surface area contributed by atoms with Crippen LogP contribution in [0.15, 0.2) is 29.6 Å². The summed E-state index contributed by atoms with van der Waals surface area (Å²) >= 11 is 1.12. The lowest BCUT2D eigenvalue weighted by Gasteiger charge is -2.13. The Kier molecular flexibility index (Phi) is 6.26. The van der Waals surface area contributed by atoms with Gasteiger partial charge < -0.3 is 15.8 Å². The van der Waals surface area contributed by atoms with Crippen LogP contribution in [-0.4, -0.2) is 47.6 Å². The molecule has 0 fully saturated rings. The van der Waals surface area contributed by atoms with Crippen LogP contribution in [0.3, 0.4) is 0 Å². The molecule has 0 aliphatic carbocycles. The molecule has 156 valence electrons. The van der Waals surface area contributed by atoms with Gasteiger partial charge in [-0.15, -0.1) is 11.3 Å². The van der Waals surface area contributed by atoms with Gasteiger partial charge in [0.1, 0.15) is 5.00 Å². The number of benzene rings is 1. The Morgan fingerprint density at radius 3 is 2.60 bits per heavy atom. The van der Waals surface area contributed by atoms with Gasteiger partial charge in [-0.2, -0.15) is 0 Å². The van der Waals surface area contributed by atoms with E-state index in [1.165, 1.54) is 6.07 Å². The molecule has 1 aromatic heterocycles. The predicted octanol–water partition coefficient (Wildman–Crippen LogP) is 1.71. The van der Waals surface area contributed by atoms with Crippen molar-refractivity contribution in [2.45, 2.75) is 19.8 Å². The first-order valence-corrected chi connectivity index (χ1v) is 9.95. The van der Waals surface area contributed by atoms with E-state index in [-0.39, 0.29) is 41.8 Å². The Morgan fingerprint density at radius 1 is 1.13 bits per heavy atom. The van der Waals surface area contributed by atoms with Crippen LogP contribution in [0.2, 0.25) is 0 Å². The zero-order chi connectivity index (χ0) is 21.8. The van der Waals surface area contributed by atoms with Crippen LogP contribution in [-0.2, 0) is 14.3 Å². The number of hydrogen-bond donors (Lipinski definition) is 2.